The lowest BCUT2D eigenvalue weighted by atomic mass is 9.94. The minimum atomic E-state index is -1.08. The first-order valence-corrected chi connectivity index (χ1v) is 6.02. The summed E-state index contributed by atoms with van der Waals surface area (Å²) >= 11 is 0. The maximum atomic E-state index is 11.8. The Morgan fingerprint density at radius 3 is 2.16 bits per heavy atom. The van der Waals surface area contributed by atoms with E-state index in [1.165, 1.54) is 12.1 Å². The van der Waals surface area contributed by atoms with Gasteiger partial charge in [0.15, 0.2) is 0 Å². The average molecular weight is 265 g/mol. The van der Waals surface area contributed by atoms with Crippen molar-refractivity contribution in [3.05, 3.63) is 29.8 Å². The lowest BCUT2D eigenvalue weighted by Crippen LogP contribution is -2.46. The molecule has 1 rings (SSSR count). The van der Waals surface area contributed by atoms with Crippen molar-refractivity contribution in [3.63, 3.8) is 0 Å². The van der Waals surface area contributed by atoms with Gasteiger partial charge in [-0.25, -0.2) is 4.79 Å². The van der Waals surface area contributed by atoms with Crippen LogP contribution in [0.1, 0.15) is 26.3 Å². The Kier molecular flexibility index (Phi) is 4.53. The van der Waals surface area contributed by atoms with Crippen LogP contribution in [0.25, 0.3) is 0 Å². The molecule has 0 bridgehead atoms. The molecule has 0 saturated heterocycles. The first-order chi connectivity index (χ1) is 8.70. The Balaban J connectivity index is 2.77. The normalized spacial score (nSPS) is 12.8. The summed E-state index contributed by atoms with van der Waals surface area (Å²) in [6.45, 7) is 5.17. The number of aliphatic carboxylic acids is 1. The molecule has 1 aromatic rings. The quantitative estimate of drug-likeness (QED) is 0.771. The molecule has 1 aromatic carbocycles. The van der Waals surface area contributed by atoms with Crippen LogP contribution in [0.5, 0.6) is 5.75 Å². The third kappa shape index (κ3) is 4.62. The van der Waals surface area contributed by atoms with Crippen LogP contribution >= 0.6 is 0 Å². The van der Waals surface area contributed by atoms with Crippen LogP contribution in [-0.4, -0.2) is 28.1 Å². The van der Waals surface area contributed by atoms with Crippen molar-refractivity contribution in [1.29, 1.82) is 0 Å². The summed E-state index contributed by atoms with van der Waals surface area (Å²) < 4.78 is 0. The topological polar surface area (TPSA) is 86.6 Å². The molecule has 0 radical (unpaired) electrons. The van der Waals surface area contributed by atoms with Gasteiger partial charge >= 0.3 is 5.97 Å². The maximum absolute atomic E-state index is 11.8. The van der Waals surface area contributed by atoms with Crippen LogP contribution < -0.4 is 5.32 Å². The number of hydrogen-bond acceptors (Lipinski definition) is 3. The molecule has 0 fully saturated rings. The number of aromatic hydroxyl groups is 1. The Morgan fingerprint density at radius 1 is 1.21 bits per heavy atom. The van der Waals surface area contributed by atoms with E-state index in [1.807, 2.05) is 0 Å². The average Bonchev–Trinajstić information content (AvgIpc) is 2.29. The summed E-state index contributed by atoms with van der Waals surface area (Å²) in [7, 11) is 0. The van der Waals surface area contributed by atoms with E-state index in [9.17, 15) is 9.59 Å². The SMILES string of the molecule is CC(C)(C)C(=O)NC(Cc1ccc(O)cc1)C(=O)O. The van der Waals surface area contributed by atoms with Gasteiger partial charge in [0.2, 0.25) is 5.91 Å². The molecule has 1 atom stereocenters. The van der Waals surface area contributed by atoms with Crippen molar-refractivity contribution in [1.82, 2.24) is 5.32 Å². The number of benzene rings is 1. The van der Waals surface area contributed by atoms with Crippen LogP contribution in [0.2, 0.25) is 0 Å². The molecule has 0 saturated carbocycles. The van der Waals surface area contributed by atoms with E-state index in [1.54, 1.807) is 32.9 Å². The molecule has 0 aliphatic heterocycles. The lowest BCUT2D eigenvalue weighted by molar-refractivity contribution is -0.143. The number of carboxylic acids is 1. The molecule has 0 heterocycles. The summed E-state index contributed by atoms with van der Waals surface area (Å²) in [4.78, 5) is 23.0. The number of carboxylic acid groups (broad SMARTS) is 1. The van der Waals surface area contributed by atoms with Crippen molar-refractivity contribution in [2.75, 3.05) is 0 Å². The van der Waals surface area contributed by atoms with E-state index < -0.39 is 17.4 Å². The van der Waals surface area contributed by atoms with E-state index >= 15 is 0 Å². The zero-order valence-corrected chi connectivity index (χ0v) is 11.3. The van der Waals surface area contributed by atoms with Crippen LogP contribution in [0.4, 0.5) is 0 Å². The lowest BCUT2D eigenvalue weighted by Gasteiger charge is -2.22. The fourth-order valence-electron chi connectivity index (χ4n) is 1.44. The summed E-state index contributed by atoms with van der Waals surface area (Å²) in [6, 6.07) is 5.26. The third-order valence-corrected chi connectivity index (χ3v) is 2.66. The Labute approximate surface area is 112 Å². The van der Waals surface area contributed by atoms with E-state index in [-0.39, 0.29) is 18.1 Å². The van der Waals surface area contributed by atoms with Crippen molar-refractivity contribution < 1.29 is 19.8 Å². The maximum Gasteiger partial charge on any atom is 0.326 e. The van der Waals surface area contributed by atoms with Gasteiger partial charge in [-0.15, -0.1) is 0 Å². The summed E-state index contributed by atoms with van der Waals surface area (Å²) in [5, 5.41) is 20.8. The molecule has 1 amide bonds. The number of carbonyl (C=O) groups is 2. The van der Waals surface area contributed by atoms with Crippen molar-refractivity contribution in [2.24, 2.45) is 5.41 Å². The van der Waals surface area contributed by atoms with E-state index in [0.717, 1.165) is 5.56 Å². The second-order valence-electron chi connectivity index (χ2n) is 5.48. The summed E-state index contributed by atoms with van der Waals surface area (Å²) in [5.74, 6) is -1.27. The molecule has 1 unspecified atom stereocenters. The van der Waals surface area contributed by atoms with Crippen molar-refractivity contribution in [2.45, 2.75) is 33.2 Å². The fraction of sp³-hybridized carbons (Fsp3) is 0.429. The number of rotatable bonds is 4. The monoisotopic (exact) mass is 265 g/mol. The van der Waals surface area contributed by atoms with E-state index in [0.29, 0.717) is 0 Å². The second-order valence-corrected chi connectivity index (χ2v) is 5.48. The van der Waals surface area contributed by atoms with Crippen LogP contribution in [0.15, 0.2) is 24.3 Å². The molecule has 0 aliphatic carbocycles. The van der Waals surface area contributed by atoms with Crippen LogP contribution in [0, 0.1) is 5.41 Å². The minimum Gasteiger partial charge on any atom is -0.508 e. The van der Waals surface area contributed by atoms with Gasteiger partial charge in [-0.2, -0.15) is 0 Å². The molecule has 0 aliphatic rings. The summed E-state index contributed by atoms with van der Waals surface area (Å²) in [5.41, 5.74) is 0.0993. The number of carbonyl (C=O) groups excluding carboxylic acids is 1. The molecular formula is C14H19NO4. The Morgan fingerprint density at radius 2 is 1.74 bits per heavy atom. The van der Waals surface area contributed by atoms with Gasteiger partial charge in [-0.3, -0.25) is 4.79 Å². The largest absolute Gasteiger partial charge is 0.508 e. The predicted molar refractivity (Wildman–Crippen MR) is 70.8 cm³/mol. The van der Waals surface area contributed by atoms with Gasteiger partial charge in [-0.05, 0) is 17.7 Å². The molecule has 19 heavy (non-hydrogen) atoms. The Hall–Kier alpha value is -2.04. The second kappa shape index (κ2) is 5.73. The first kappa shape index (κ1) is 15.0. The smallest absolute Gasteiger partial charge is 0.326 e. The number of phenolic OH excluding ortho intramolecular Hbond substituents is 1. The fourth-order valence-corrected chi connectivity index (χ4v) is 1.44. The van der Waals surface area contributed by atoms with Gasteiger partial charge in [0.25, 0.3) is 0 Å². The molecule has 0 aromatic heterocycles. The number of nitrogens with one attached hydrogen (secondary N) is 1. The minimum absolute atomic E-state index is 0.120. The van der Waals surface area contributed by atoms with Gasteiger partial charge in [0, 0.05) is 11.8 Å². The van der Waals surface area contributed by atoms with Gasteiger partial charge in [0.05, 0.1) is 0 Å². The third-order valence-electron chi connectivity index (χ3n) is 2.66. The first-order valence-electron chi connectivity index (χ1n) is 6.02. The predicted octanol–water partition coefficient (Wildman–Crippen LogP) is 1.55. The zero-order valence-electron chi connectivity index (χ0n) is 11.3. The van der Waals surface area contributed by atoms with Gasteiger partial charge < -0.3 is 15.5 Å². The van der Waals surface area contributed by atoms with Crippen LogP contribution in [0.3, 0.4) is 0 Å². The van der Waals surface area contributed by atoms with E-state index in [2.05, 4.69) is 5.32 Å². The molecule has 3 N–H and O–H groups in total. The van der Waals surface area contributed by atoms with E-state index in [4.69, 9.17) is 10.2 Å². The number of amides is 1. The summed E-state index contributed by atoms with van der Waals surface area (Å²) in [6.07, 6.45) is 0.178. The molecule has 0 spiro atoms. The molecular weight excluding hydrogens is 246 g/mol. The highest BCUT2D eigenvalue weighted by molar-refractivity contribution is 5.86. The van der Waals surface area contributed by atoms with Crippen molar-refractivity contribution in [3.8, 4) is 5.75 Å². The number of phenols is 1. The molecule has 104 valence electrons. The molecule has 5 nitrogen and oxygen atoms in total. The molecule has 5 heteroatoms. The van der Waals surface area contributed by atoms with Crippen LogP contribution in [-0.2, 0) is 16.0 Å². The van der Waals surface area contributed by atoms with Crippen molar-refractivity contribution >= 4 is 11.9 Å². The number of hydrogen-bond donors (Lipinski definition) is 3. The Bertz CT molecular complexity index is 459. The standard InChI is InChI=1S/C14H19NO4/c1-14(2,3)13(19)15-11(12(17)18)8-9-4-6-10(16)7-5-9/h4-7,11,16H,8H2,1-3H3,(H,15,19)(H,17,18). The highest BCUT2D eigenvalue weighted by Crippen LogP contribution is 2.15. The zero-order chi connectivity index (χ0) is 14.6. The van der Waals surface area contributed by atoms with Gasteiger partial charge in [-0.1, -0.05) is 32.9 Å². The highest BCUT2D eigenvalue weighted by atomic mass is 16.4. The van der Waals surface area contributed by atoms with Gasteiger partial charge in [0.1, 0.15) is 11.8 Å². The highest BCUT2D eigenvalue weighted by Gasteiger charge is 2.27.